The van der Waals surface area contributed by atoms with Gasteiger partial charge in [-0.3, -0.25) is 14.9 Å². The molecule has 3 aromatic rings. The fourth-order valence-electron chi connectivity index (χ4n) is 2.16. The Kier molecular flexibility index (Phi) is 3.49. The summed E-state index contributed by atoms with van der Waals surface area (Å²) in [5, 5.41) is 33.7. The van der Waals surface area contributed by atoms with Gasteiger partial charge in [0.25, 0.3) is 11.4 Å². The van der Waals surface area contributed by atoms with Crippen LogP contribution in [0.25, 0.3) is 22.8 Å². The zero-order valence-corrected chi connectivity index (χ0v) is 12.2. The second-order valence-corrected chi connectivity index (χ2v) is 4.91. The maximum Gasteiger partial charge on any atom is 0.315 e. The highest BCUT2D eigenvalue weighted by atomic mass is 16.6. The van der Waals surface area contributed by atoms with Crippen molar-refractivity contribution in [3.05, 3.63) is 50.4 Å². The van der Waals surface area contributed by atoms with E-state index in [-0.39, 0.29) is 22.8 Å². The predicted molar refractivity (Wildman–Crippen MR) is 80.5 cm³/mol. The molecule has 0 atom stereocenters. The molecule has 0 fully saturated rings. The molecule has 10 heteroatoms. The normalized spacial score (nSPS) is 10.7. The lowest BCUT2D eigenvalue weighted by Crippen LogP contribution is -2.10. The average molecular weight is 330 g/mol. The molecule has 1 aromatic carbocycles. The van der Waals surface area contributed by atoms with Gasteiger partial charge < -0.3 is 19.7 Å². The SMILES string of the molecule is Cc1cc[nH]c(=O)c1-c1noc(-c2cc(O)c(O)c([N+](=O)[O-])c2)n1. The highest BCUT2D eigenvalue weighted by molar-refractivity contribution is 5.69. The van der Waals surface area contributed by atoms with E-state index in [0.717, 1.165) is 12.1 Å². The maximum absolute atomic E-state index is 11.9. The monoisotopic (exact) mass is 330 g/mol. The summed E-state index contributed by atoms with van der Waals surface area (Å²) >= 11 is 0. The number of pyridine rings is 1. The van der Waals surface area contributed by atoms with Gasteiger partial charge >= 0.3 is 5.69 Å². The highest BCUT2D eigenvalue weighted by Crippen LogP contribution is 2.39. The van der Waals surface area contributed by atoms with Gasteiger partial charge in [0.1, 0.15) is 0 Å². The van der Waals surface area contributed by atoms with Crippen molar-refractivity contribution in [3.8, 4) is 34.3 Å². The number of hydrogen-bond acceptors (Lipinski definition) is 8. The number of phenols is 2. The molecule has 122 valence electrons. The van der Waals surface area contributed by atoms with Crippen LogP contribution in [0, 0.1) is 17.0 Å². The van der Waals surface area contributed by atoms with Crippen LogP contribution in [0.4, 0.5) is 5.69 Å². The largest absolute Gasteiger partial charge is 0.504 e. The molecule has 0 amide bonds. The minimum absolute atomic E-state index is 0.000400. The number of nitrogens with one attached hydrogen (secondary N) is 1. The van der Waals surface area contributed by atoms with E-state index in [1.807, 2.05) is 0 Å². The van der Waals surface area contributed by atoms with Gasteiger partial charge in [-0.25, -0.2) is 0 Å². The van der Waals surface area contributed by atoms with E-state index in [1.165, 1.54) is 6.20 Å². The summed E-state index contributed by atoms with van der Waals surface area (Å²) in [5.41, 5.74) is -0.281. The fourth-order valence-corrected chi connectivity index (χ4v) is 2.16. The molecule has 10 nitrogen and oxygen atoms in total. The molecule has 24 heavy (non-hydrogen) atoms. The summed E-state index contributed by atoms with van der Waals surface area (Å²) in [7, 11) is 0. The lowest BCUT2D eigenvalue weighted by Gasteiger charge is -2.01. The molecular formula is C14H10N4O6. The minimum atomic E-state index is -0.862. The van der Waals surface area contributed by atoms with Gasteiger partial charge in [-0.1, -0.05) is 5.16 Å². The van der Waals surface area contributed by atoms with E-state index in [1.54, 1.807) is 13.0 Å². The molecule has 0 aliphatic heterocycles. The van der Waals surface area contributed by atoms with Crippen LogP contribution in [0.3, 0.4) is 0 Å². The second-order valence-electron chi connectivity index (χ2n) is 4.91. The number of phenolic OH excluding ortho intramolecular Hbond substituents is 2. The van der Waals surface area contributed by atoms with Gasteiger partial charge in [0, 0.05) is 12.3 Å². The van der Waals surface area contributed by atoms with Gasteiger partial charge in [0.05, 0.1) is 16.1 Å². The number of nitrogens with zero attached hydrogens (tertiary/aromatic N) is 3. The van der Waals surface area contributed by atoms with E-state index in [0.29, 0.717) is 5.56 Å². The maximum atomic E-state index is 11.9. The number of aryl methyl sites for hydroxylation is 1. The standard InChI is InChI=1S/C14H10N4O6/c1-6-2-3-15-13(21)10(6)12-16-14(24-17-12)7-4-8(18(22)23)11(20)9(19)5-7/h2-5,19-20H,1H3,(H,15,21). The Labute approximate surface area is 133 Å². The number of nitro benzene ring substituents is 1. The number of benzene rings is 1. The minimum Gasteiger partial charge on any atom is -0.504 e. The predicted octanol–water partition coefficient (Wildman–Crippen LogP) is 1.72. The van der Waals surface area contributed by atoms with Crippen molar-refractivity contribution < 1.29 is 19.7 Å². The van der Waals surface area contributed by atoms with Crippen molar-refractivity contribution in [1.82, 2.24) is 15.1 Å². The summed E-state index contributed by atoms with van der Waals surface area (Å²) in [5.74, 6) is -1.71. The number of nitro groups is 1. The van der Waals surface area contributed by atoms with Crippen molar-refractivity contribution in [1.29, 1.82) is 0 Å². The van der Waals surface area contributed by atoms with Crippen LogP contribution in [0.5, 0.6) is 11.5 Å². The number of rotatable bonds is 3. The zero-order chi connectivity index (χ0) is 17.4. The topological polar surface area (TPSA) is 155 Å². The van der Waals surface area contributed by atoms with Crippen LogP contribution >= 0.6 is 0 Å². The van der Waals surface area contributed by atoms with Crippen LogP contribution in [0.2, 0.25) is 0 Å². The molecule has 0 unspecified atom stereocenters. The van der Waals surface area contributed by atoms with Crippen LogP contribution in [0.15, 0.2) is 33.7 Å². The van der Waals surface area contributed by atoms with Gasteiger partial charge in [-0.15, -0.1) is 0 Å². The van der Waals surface area contributed by atoms with Gasteiger partial charge in [0.15, 0.2) is 5.75 Å². The molecule has 2 heterocycles. The van der Waals surface area contributed by atoms with E-state index in [9.17, 15) is 25.1 Å². The Bertz CT molecular complexity index is 1010. The summed E-state index contributed by atoms with van der Waals surface area (Å²) in [6, 6.07) is 3.68. The molecule has 2 aromatic heterocycles. The lowest BCUT2D eigenvalue weighted by atomic mass is 10.1. The molecule has 0 bridgehead atoms. The molecule has 3 N–H and O–H groups in total. The molecule has 0 aliphatic rings. The number of hydrogen-bond donors (Lipinski definition) is 3. The number of aromatic hydroxyl groups is 2. The summed E-state index contributed by atoms with van der Waals surface area (Å²) < 4.78 is 5.02. The number of aromatic amines is 1. The molecule has 0 aliphatic carbocycles. The van der Waals surface area contributed by atoms with Gasteiger partial charge in [-0.05, 0) is 24.6 Å². The molecule has 0 spiro atoms. The summed E-state index contributed by atoms with van der Waals surface area (Å²) in [4.78, 5) is 28.4. The Morgan fingerprint density at radius 2 is 2.08 bits per heavy atom. The van der Waals surface area contributed by atoms with Gasteiger partial charge in [0.2, 0.25) is 11.6 Å². The molecule has 0 radical (unpaired) electrons. The van der Waals surface area contributed by atoms with E-state index < -0.39 is 27.7 Å². The lowest BCUT2D eigenvalue weighted by molar-refractivity contribution is -0.385. The summed E-state index contributed by atoms with van der Waals surface area (Å²) in [6.07, 6.45) is 1.48. The third-order valence-corrected chi connectivity index (χ3v) is 3.33. The molecular weight excluding hydrogens is 320 g/mol. The molecule has 0 saturated carbocycles. The quantitative estimate of drug-likeness (QED) is 0.372. The van der Waals surface area contributed by atoms with Crippen molar-refractivity contribution in [2.24, 2.45) is 0 Å². The Balaban J connectivity index is 2.12. The Hall–Kier alpha value is -3.69. The zero-order valence-electron chi connectivity index (χ0n) is 12.2. The van der Waals surface area contributed by atoms with Crippen molar-refractivity contribution >= 4 is 5.69 Å². The van der Waals surface area contributed by atoms with Crippen LogP contribution in [-0.4, -0.2) is 30.3 Å². The fraction of sp³-hybridized carbons (Fsp3) is 0.0714. The third-order valence-electron chi connectivity index (χ3n) is 3.33. The Morgan fingerprint density at radius 1 is 1.33 bits per heavy atom. The highest BCUT2D eigenvalue weighted by Gasteiger charge is 2.22. The van der Waals surface area contributed by atoms with Crippen LogP contribution in [-0.2, 0) is 0 Å². The van der Waals surface area contributed by atoms with E-state index in [2.05, 4.69) is 15.1 Å². The smallest absolute Gasteiger partial charge is 0.315 e. The van der Waals surface area contributed by atoms with E-state index >= 15 is 0 Å². The van der Waals surface area contributed by atoms with Crippen molar-refractivity contribution in [2.75, 3.05) is 0 Å². The van der Waals surface area contributed by atoms with Crippen molar-refractivity contribution in [2.45, 2.75) is 6.92 Å². The third kappa shape index (κ3) is 2.45. The first kappa shape index (κ1) is 15.2. The first-order valence-corrected chi connectivity index (χ1v) is 6.61. The second kappa shape index (κ2) is 5.50. The number of aromatic nitrogens is 3. The summed E-state index contributed by atoms with van der Waals surface area (Å²) in [6.45, 7) is 1.69. The molecule has 0 saturated heterocycles. The first-order valence-electron chi connectivity index (χ1n) is 6.61. The van der Waals surface area contributed by atoms with Crippen molar-refractivity contribution in [3.63, 3.8) is 0 Å². The average Bonchev–Trinajstić information content (AvgIpc) is 2.99. The first-order chi connectivity index (χ1) is 11.4. The molecule has 3 rings (SSSR count). The Morgan fingerprint density at radius 3 is 2.75 bits per heavy atom. The van der Waals surface area contributed by atoms with Gasteiger partial charge in [-0.2, -0.15) is 4.98 Å². The number of H-pyrrole nitrogens is 1. The van der Waals surface area contributed by atoms with E-state index in [4.69, 9.17) is 4.52 Å². The van der Waals surface area contributed by atoms with Crippen LogP contribution in [0.1, 0.15) is 5.56 Å². The van der Waals surface area contributed by atoms with Crippen LogP contribution < -0.4 is 5.56 Å².